The number of phenolic OH excluding ortho intramolecular Hbond substituents is 1. The Hall–Kier alpha value is -2.84. The standard InChI is InChI=1S/C16H15N3O2/c17-10-12-2-1-3-13(8-12)19-16(21)15(18)9-11-4-6-14(20)7-5-11/h1-8,15,20H,9,18H2,(H,19,21)/t15-/m1/s1. The van der Waals surface area contributed by atoms with Crippen molar-refractivity contribution in [1.29, 1.82) is 5.26 Å². The minimum atomic E-state index is -0.708. The molecule has 5 heteroatoms. The van der Waals surface area contributed by atoms with Gasteiger partial charge in [-0.15, -0.1) is 0 Å². The predicted molar refractivity (Wildman–Crippen MR) is 79.6 cm³/mol. The summed E-state index contributed by atoms with van der Waals surface area (Å²) in [5.74, 6) is -0.150. The number of benzene rings is 2. The monoisotopic (exact) mass is 281 g/mol. The molecule has 0 fully saturated rings. The molecule has 0 bridgehead atoms. The second kappa shape index (κ2) is 6.55. The lowest BCUT2D eigenvalue weighted by molar-refractivity contribution is -0.117. The molecule has 0 heterocycles. The van der Waals surface area contributed by atoms with Crippen LogP contribution < -0.4 is 11.1 Å². The van der Waals surface area contributed by atoms with Crippen LogP contribution in [0.1, 0.15) is 11.1 Å². The molecule has 106 valence electrons. The molecule has 0 aliphatic rings. The summed E-state index contributed by atoms with van der Waals surface area (Å²) in [6.45, 7) is 0. The van der Waals surface area contributed by atoms with Crippen LogP contribution in [0.3, 0.4) is 0 Å². The van der Waals surface area contributed by atoms with Crippen molar-refractivity contribution < 1.29 is 9.90 Å². The Morgan fingerprint density at radius 2 is 2.00 bits per heavy atom. The van der Waals surface area contributed by atoms with Crippen molar-refractivity contribution in [2.24, 2.45) is 5.73 Å². The van der Waals surface area contributed by atoms with Crippen molar-refractivity contribution >= 4 is 11.6 Å². The highest BCUT2D eigenvalue weighted by Crippen LogP contribution is 2.13. The number of hydrogen-bond acceptors (Lipinski definition) is 4. The van der Waals surface area contributed by atoms with Crippen LogP contribution in [0.4, 0.5) is 5.69 Å². The zero-order valence-electron chi connectivity index (χ0n) is 11.3. The first-order valence-corrected chi connectivity index (χ1v) is 6.43. The second-order valence-corrected chi connectivity index (χ2v) is 4.66. The van der Waals surface area contributed by atoms with Gasteiger partial charge < -0.3 is 16.2 Å². The smallest absolute Gasteiger partial charge is 0.241 e. The third-order valence-electron chi connectivity index (χ3n) is 2.99. The highest BCUT2D eigenvalue weighted by atomic mass is 16.3. The highest BCUT2D eigenvalue weighted by Gasteiger charge is 2.14. The van der Waals surface area contributed by atoms with Crippen molar-refractivity contribution in [3.05, 3.63) is 59.7 Å². The molecule has 0 aliphatic heterocycles. The number of rotatable bonds is 4. The second-order valence-electron chi connectivity index (χ2n) is 4.66. The number of phenols is 1. The molecule has 0 saturated carbocycles. The number of hydrogen-bond donors (Lipinski definition) is 3. The largest absolute Gasteiger partial charge is 0.508 e. The number of nitriles is 1. The summed E-state index contributed by atoms with van der Waals surface area (Å²) in [6.07, 6.45) is 0.365. The van der Waals surface area contributed by atoms with Gasteiger partial charge >= 0.3 is 0 Å². The van der Waals surface area contributed by atoms with Crippen LogP contribution in [-0.4, -0.2) is 17.1 Å². The van der Waals surface area contributed by atoms with Gasteiger partial charge in [0, 0.05) is 5.69 Å². The third-order valence-corrected chi connectivity index (χ3v) is 2.99. The highest BCUT2D eigenvalue weighted by molar-refractivity contribution is 5.95. The Morgan fingerprint density at radius 1 is 1.29 bits per heavy atom. The molecule has 0 saturated heterocycles. The molecule has 0 aliphatic carbocycles. The van der Waals surface area contributed by atoms with Crippen molar-refractivity contribution in [3.63, 3.8) is 0 Å². The van der Waals surface area contributed by atoms with Crippen LogP contribution in [0, 0.1) is 11.3 Å². The first-order chi connectivity index (χ1) is 10.1. The molecule has 21 heavy (non-hydrogen) atoms. The Bertz CT molecular complexity index is 675. The van der Waals surface area contributed by atoms with Crippen LogP contribution in [0.5, 0.6) is 5.75 Å². The van der Waals surface area contributed by atoms with Crippen LogP contribution in [0.15, 0.2) is 48.5 Å². The molecule has 2 rings (SSSR count). The number of amides is 1. The van der Waals surface area contributed by atoms with Crippen LogP contribution in [-0.2, 0) is 11.2 Å². The molecule has 0 spiro atoms. The summed E-state index contributed by atoms with van der Waals surface area (Å²) in [7, 11) is 0. The lowest BCUT2D eigenvalue weighted by Gasteiger charge is -2.12. The van der Waals surface area contributed by atoms with Gasteiger partial charge in [0.1, 0.15) is 5.75 Å². The molecule has 1 atom stereocenters. The molecule has 2 aromatic rings. The minimum Gasteiger partial charge on any atom is -0.508 e. The van der Waals surface area contributed by atoms with Crippen molar-refractivity contribution in [2.45, 2.75) is 12.5 Å². The van der Waals surface area contributed by atoms with E-state index in [1.54, 1.807) is 48.5 Å². The number of nitrogens with zero attached hydrogens (tertiary/aromatic N) is 1. The fraction of sp³-hybridized carbons (Fsp3) is 0.125. The first-order valence-electron chi connectivity index (χ1n) is 6.43. The van der Waals surface area contributed by atoms with Gasteiger partial charge in [0.25, 0.3) is 0 Å². The van der Waals surface area contributed by atoms with Gasteiger partial charge in [0.15, 0.2) is 0 Å². The van der Waals surface area contributed by atoms with Gasteiger partial charge in [-0.2, -0.15) is 5.26 Å². The van der Waals surface area contributed by atoms with Gasteiger partial charge in [0.2, 0.25) is 5.91 Å². The number of carbonyl (C=O) groups excluding carboxylic acids is 1. The van der Waals surface area contributed by atoms with Gasteiger partial charge in [-0.3, -0.25) is 4.79 Å². The van der Waals surface area contributed by atoms with Crippen LogP contribution >= 0.6 is 0 Å². The van der Waals surface area contributed by atoms with Crippen molar-refractivity contribution in [1.82, 2.24) is 0 Å². The summed E-state index contributed by atoms with van der Waals surface area (Å²) < 4.78 is 0. The number of anilines is 1. The fourth-order valence-corrected chi connectivity index (χ4v) is 1.88. The lowest BCUT2D eigenvalue weighted by atomic mass is 10.1. The molecule has 1 amide bonds. The topological polar surface area (TPSA) is 99.1 Å². The molecule has 0 radical (unpaired) electrons. The maximum Gasteiger partial charge on any atom is 0.241 e. The van der Waals surface area contributed by atoms with E-state index in [1.165, 1.54) is 0 Å². The van der Waals surface area contributed by atoms with E-state index in [-0.39, 0.29) is 11.7 Å². The normalized spacial score (nSPS) is 11.4. The van der Waals surface area contributed by atoms with E-state index >= 15 is 0 Å². The summed E-state index contributed by atoms with van der Waals surface area (Å²) >= 11 is 0. The van der Waals surface area contributed by atoms with E-state index in [9.17, 15) is 9.90 Å². The number of nitrogens with one attached hydrogen (secondary N) is 1. The van der Waals surface area contributed by atoms with E-state index in [1.807, 2.05) is 6.07 Å². The van der Waals surface area contributed by atoms with Crippen LogP contribution in [0.2, 0.25) is 0 Å². The molecular formula is C16H15N3O2. The van der Waals surface area contributed by atoms with E-state index in [0.29, 0.717) is 17.7 Å². The molecule has 0 unspecified atom stereocenters. The summed E-state index contributed by atoms with van der Waals surface area (Å²) in [5, 5.41) is 20.7. The molecule has 0 aromatic heterocycles. The van der Waals surface area contributed by atoms with E-state index in [2.05, 4.69) is 5.32 Å². The van der Waals surface area contributed by atoms with Crippen LogP contribution in [0.25, 0.3) is 0 Å². The molecule has 2 aromatic carbocycles. The zero-order chi connectivity index (χ0) is 15.2. The SMILES string of the molecule is N#Cc1cccc(NC(=O)[C@H](N)Cc2ccc(O)cc2)c1. The van der Waals surface area contributed by atoms with E-state index < -0.39 is 6.04 Å². The first kappa shape index (κ1) is 14.6. The Kier molecular flexibility index (Phi) is 4.54. The van der Waals surface area contributed by atoms with Gasteiger partial charge in [0.05, 0.1) is 17.7 Å². The Labute approximate surface area is 122 Å². The maximum absolute atomic E-state index is 12.0. The van der Waals surface area contributed by atoms with E-state index in [0.717, 1.165) is 5.56 Å². The zero-order valence-corrected chi connectivity index (χ0v) is 11.3. The number of nitrogens with two attached hydrogens (primary N) is 1. The minimum absolute atomic E-state index is 0.171. The average molecular weight is 281 g/mol. The quantitative estimate of drug-likeness (QED) is 0.795. The van der Waals surface area contributed by atoms with Gasteiger partial charge in [-0.05, 0) is 42.3 Å². The average Bonchev–Trinajstić information content (AvgIpc) is 2.49. The fourth-order valence-electron chi connectivity index (χ4n) is 1.88. The van der Waals surface area contributed by atoms with Crippen molar-refractivity contribution in [3.8, 4) is 11.8 Å². The molecule has 5 nitrogen and oxygen atoms in total. The molecule has 4 N–H and O–H groups in total. The third kappa shape index (κ3) is 4.06. The van der Waals surface area contributed by atoms with Gasteiger partial charge in [-0.1, -0.05) is 18.2 Å². The molecular weight excluding hydrogens is 266 g/mol. The summed E-state index contributed by atoms with van der Waals surface area (Å²) in [6, 6.07) is 14.5. The number of carbonyl (C=O) groups is 1. The Morgan fingerprint density at radius 3 is 2.67 bits per heavy atom. The summed E-state index contributed by atoms with van der Waals surface area (Å²) in [4.78, 5) is 12.0. The summed E-state index contributed by atoms with van der Waals surface area (Å²) in [5.41, 5.74) is 7.74. The van der Waals surface area contributed by atoms with Crippen molar-refractivity contribution in [2.75, 3.05) is 5.32 Å². The Balaban J connectivity index is 1.99. The van der Waals surface area contributed by atoms with E-state index in [4.69, 9.17) is 11.0 Å². The number of aromatic hydroxyl groups is 1. The lowest BCUT2D eigenvalue weighted by Crippen LogP contribution is -2.37. The maximum atomic E-state index is 12.0. The predicted octanol–water partition coefficient (Wildman–Crippen LogP) is 1.77. The van der Waals surface area contributed by atoms with Gasteiger partial charge in [-0.25, -0.2) is 0 Å².